The van der Waals surface area contributed by atoms with Crippen LogP contribution >= 0.6 is 11.3 Å². The molecule has 8 heteroatoms. The Kier molecular flexibility index (Phi) is 5.84. The number of carbonyl (C=O) groups is 1. The molecule has 28 heavy (non-hydrogen) atoms. The van der Waals surface area contributed by atoms with Gasteiger partial charge >= 0.3 is 0 Å². The van der Waals surface area contributed by atoms with Crippen molar-refractivity contribution in [2.45, 2.75) is 32.1 Å². The fourth-order valence-corrected chi connectivity index (χ4v) is 5.24. The standard InChI is InChI=1S/C20H24N6OS/c21-14-16-15-4-1-2-5-17(15)28-19(16)24-18(27)6-9-25-10-12-26(13-11-25)20-22-7-3-8-23-20/h3,7-8H,1-2,4-6,9-13H2,(H,24,27)/p+1. The minimum Gasteiger partial charge on any atom is -0.332 e. The Hall–Kier alpha value is -2.50. The number of carbonyl (C=O) groups excluding carboxylic acids is 1. The summed E-state index contributed by atoms with van der Waals surface area (Å²) < 4.78 is 0. The van der Waals surface area contributed by atoms with E-state index in [-0.39, 0.29) is 5.91 Å². The van der Waals surface area contributed by atoms with Crippen LogP contribution in [0.5, 0.6) is 0 Å². The Bertz CT molecular complexity index is 867. The third-order valence-corrected chi connectivity index (χ3v) is 6.75. The number of nitrogens with one attached hydrogen (secondary N) is 2. The lowest BCUT2D eigenvalue weighted by Gasteiger charge is -2.31. The van der Waals surface area contributed by atoms with Crippen molar-refractivity contribution < 1.29 is 9.69 Å². The van der Waals surface area contributed by atoms with Gasteiger partial charge < -0.3 is 15.1 Å². The topological polar surface area (TPSA) is 86.4 Å². The Labute approximate surface area is 169 Å². The molecule has 0 aromatic carbocycles. The van der Waals surface area contributed by atoms with Gasteiger partial charge in [0.15, 0.2) is 0 Å². The number of nitrogens with zero attached hydrogens (tertiary/aromatic N) is 4. The number of thiophene rings is 1. The first-order valence-electron chi connectivity index (χ1n) is 9.94. The molecule has 0 radical (unpaired) electrons. The Morgan fingerprint density at radius 3 is 2.75 bits per heavy atom. The number of amides is 1. The second-order valence-corrected chi connectivity index (χ2v) is 8.47. The van der Waals surface area contributed by atoms with Crippen LogP contribution in [0, 0.1) is 11.3 Å². The van der Waals surface area contributed by atoms with Gasteiger partial charge in [-0.15, -0.1) is 11.3 Å². The van der Waals surface area contributed by atoms with Gasteiger partial charge in [-0.25, -0.2) is 9.97 Å². The van der Waals surface area contributed by atoms with Crippen molar-refractivity contribution in [2.75, 3.05) is 42.9 Å². The molecule has 0 atom stereocenters. The molecule has 2 aliphatic rings. The molecule has 3 heterocycles. The quantitative estimate of drug-likeness (QED) is 0.787. The van der Waals surface area contributed by atoms with Crippen LogP contribution in [0.15, 0.2) is 18.5 Å². The first-order chi connectivity index (χ1) is 13.7. The minimum absolute atomic E-state index is 0.0106. The molecule has 1 amide bonds. The van der Waals surface area contributed by atoms with Gasteiger partial charge in [-0.3, -0.25) is 4.79 Å². The molecular weight excluding hydrogens is 372 g/mol. The number of hydrogen-bond donors (Lipinski definition) is 2. The lowest BCUT2D eigenvalue weighted by Crippen LogP contribution is -3.15. The van der Waals surface area contributed by atoms with Crippen molar-refractivity contribution in [3.05, 3.63) is 34.5 Å². The van der Waals surface area contributed by atoms with E-state index in [0.29, 0.717) is 12.0 Å². The summed E-state index contributed by atoms with van der Waals surface area (Å²) in [5, 5.41) is 13.3. The molecule has 7 nitrogen and oxygen atoms in total. The van der Waals surface area contributed by atoms with Crippen molar-refractivity contribution in [2.24, 2.45) is 0 Å². The number of nitriles is 1. The third-order valence-electron chi connectivity index (χ3n) is 5.55. The van der Waals surface area contributed by atoms with Gasteiger partial charge in [0, 0.05) is 17.3 Å². The zero-order valence-electron chi connectivity index (χ0n) is 15.9. The molecule has 0 saturated carbocycles. The zero-order valence-corrected chi connectivity index (χ0v) is 16.7. The Balaban J connectivity index is 1.27. The molecule has 2 aromatic rings. The van der Waals surface area contributed by atoms with Gasteiger partial charge in [0.25, 0.3) is 0 Å². The minimum atomic E-state index is 0.0106. The average molecular weight is 398 g/mol. The highest BCUT2D eigenvalue weighted by Crippen LogP contribution is 2.37. The van der Waals surface area contributed by atoms with Crippen molar-refractivity contribution in [3.63, 3.8) is 0 Å². The monoisotopic (exact) mass is 397 g/mol. The van der Waals surface area contributed by atoms with E-state index < -0.39 is 0 Å². The van der Waals surface area contributed by atoms with Crippen molar-refractivity contribution in [3.8, 4) is 6.07 Å². The lowest BCUT2D eigenvalue weighted by molar-refractivity contribution is -0.900. The first kappa shape index (κ1) is 18.8. The molecule has 2 aromatic heterocycles. The lowest BCUT2D eigenvalue weighted by atomic mass is 9.96. The zero-order chi connectivity index (χ0) is 19.3. The second kappa shape index (κ2) is 8.67. The van der Waals surface area contributed by atoms with Crippen LogP contribution in [0.3, 0.4) is 0 Å². The van der Waals surface area contributed by atoms with Crippen LogP contribution in [0.25, 0.3) is 0 Å². The van der Waals surface area contributed by atoms with Crippen LogP contribution in [0.1, 0.15) is 35.3 Å². The van der Waals surface area contributed by atoms with E-state index in [2.05, 4.69) is 26.3 Å². The number of fused-ring (bicyclic) bond motifs is 1. The van der Waals surface area contributed by atoms with Gasteiger partial charge in [0.05, 0.1) is 44.7 Å². The van der Waals surface area contributed by atoms with E-state index in [1.54, 1.807) is 23.7 Å². The van der Waals surface area contributed by atoms with E-state index in [1.807, 2.05) is 6.07 Å². The predicted molar refractivity (Wildman–Crippen MR) is 109 cm³/mol. The van der Waals surface area contributed by atoms with Crippen molar-refractivity contribution in [1.82, 2.24) is 9.97 Å². The predicted octanol–water partition coefficient (Wildman–Crippen LogP) is 1.02. The summed E-state index contributed by atoms with van der Waals surface area (Å²) in [6.07, 6.45) is 8.32. The largest absolute Gasteiger partial charge is 0.332 e. The summed E-state index contributed by atoms with van der Waals surface area (Å²) in [6.45, 7) is 4.56. The first-order valence-corrected chi connectivity index (χ1v) is 10.8. The molecule has 0 unspecified atom stereocenters. The normalized spacial score (nSPS) is 17.0. The fraction of sp³-hybridized carbons (Fsp3) is 0.500. The highest BCUT2D eigenvalue weighted by molar-refractivity contribution is 7.16. The number of hydrogen-bond acceptors (Lipinski definition) is 6. The molecule has 2 N–H and O–H groups in total. The van der Waals surface area contributed by atoms with Gasteiger partial charge in [-0.1, -0.05) is 0 Å². The Morgan fingerprint density at radius 1 is 1.25 bits per heavy atom. The number of anilines is 2. The summed E-state index contributed by atoms with van der Waals surface area (Å²) in [4.78, 5) is 26.0. The summed E-state index contributed by atoms with van der Waals surface area (Å²) in [6, 6.07) is 4.13. The number of aromatic nitrogens is 2. The van der Waals surface area contributed by atoms with Crippen LogP contribution < -0.4 is 15.1 Å². The maximum absolute atomic E-state index is 12.5. The molecule has 1 aliphatic carbocycles. The van der Waals surface area contributed by atoms with Gasteiger partial charge in [-0.2, -0.15) is 5.26 Å². The van der Waals surface area contributed by atoms with E-state index >= 15 is 0 Å². The number of piperazine rings is 1. The molecule has 1 saturated heterocycles. The van der Waals surface area contributed by atoms with Gasteiger partial charge in [0.1, 0.15) is 11.1 Å². The fourth-order valence-electron chi connectivity index (χ4n) is 3.98. The van der Waals surface area contributed by atoms with E-state index in [9.17, 15) is 10.1 Å². The van der Waals surface area contributed by atoms with Crippen molar-refractivity contribution in [1.29, 1.82) is 5.26 Å². The van der Waals surface area contributed by atoms with E-state index in [1.165, 1.54) is 21.8 Å². The highest BCUT2D eigenvalue weighted by Gasteiger charge is 2.24. The SMILES string of the molecule is N#Cc1c(NC(=O)CC[NH+]2CCN(c3ncccn3)CC2)sc2c1CCCC2. The van der Waals surface area contributed by atoms with Crippen LogP contribution in [-0.4, -0.2) is 48.6 Å². The number of aryl methyl sites for hydroxylation is 1. The number of quaternary nitrogens is 1. The molecule has 1 fully saturated rings. The average Bonchev–Trinajstić information content (AvgIpc) is 3.10. The molecule has 1 aliphatic heterocycles. The summed E-state index contributed by atoms with van der Waals surface area (Å²) in [5.74, 6) is 0.793. The van der Waals surface area contributed by atoms with Crippen LogP contribution in [0.2, 0.25) is 0 Å². The summed E-state index contributed by atoms with van der Waals surface area (Å²) in [7, 11) is 0. The molecule has 0 spiro atoms. The maximum Gasteiger partial charge on any atom is 0.230 e. The maximum atomic E-state index is 12.5. The highest BCUT2D eigenvalue weighted by atomic mass is 32.1. The van der Waals surface area contributed by atoms with E-state index in [4.69, 9.17) is 0 Å². The van der Waals surface area contributed by atoms with Gasteiger partial charge in [0.2, 0.25) is 11.9 Å². The number of rotatable bonds is 5. The van der Waals surface area contributed by atoms with Crippen LogP contribution in [0.4, 0.5) is 10.9 Å². The third kappa shape index (κ3) is 4.16. The molecule has 0 bridgehead atoms. The molecule has 146 valence electrons. The Morgan fingerprint density at radius 2 is 2.00 bits per heavy atom. The smallest absolute Gasteiger partial charge is 0.230 e. The van der Waals surface area contributed by atoms with Crippen molar-refractivity contribution >= 4 is 28.2 Å². The summed E-state index contributed by atoms with van der Waals surface area (Å²) >= 11 is 1.59. The molecule has 4 rings (SSSR count). The van der Waals surface area contributed by atoms with Crippen LogP contribution in [-0.2, 0) is 17.6 Å². The summed E-state index contributed by atoms with van der Waals surface area (Å²) in [5.41, 5.74) is 1.86. The van der Waals surface area contributed by atoms with E-state index in [0.717, 1.165) is 62.9 Å². The second-order valence-electron chi connectivity index (χ2n) is 7.36. The molecular formula is C20H25N6OS+. The van der Waals surface area contributed by atoms with Gasteiger partial charge in [-0.05, 0) is 37.3 Å².